The molecule has 1 atom stereocenters. The van der Waals surface area contributed by atoms with Gasteiger partial charge >= 0.3 is 0 Å². The lowest BCUT2D eigenvalue weighted by Crippen LogP contribution is -2.30. The molecule has 0 unspecified atom stereocenters. The topological polar surface area (TPSA) is 109 Å². The summed E-state index contributed by atoms with van der Waals surface area (Å²) >= 11 is 12.6. The van der Waals surface area contributed by atoms with Crippen molar-refractivity contribution in [3.8, 4) is 16.9 Å². The third kappa shape index (κ3) is 5.54. The zero-order valence-corrected chi connectivity index (χ0v) is 20.4. The minimum atomic E-state index is -0.741. The molecule has 0 radical (unpaired) electrons. The number of aliphatic hydroxyl groups excluding tert-OH is 1. The minimum Gasteiger partial charge on any atom is -0.392 e. The summed E-state index contributed by atoms with van der Waals surface area (Å²) in [6.07, 6.45) is 0.667. The van der Waals surface area contributed by atoms with E-state index in [-0.39, 0.29) is 44.9 Å². The fraction of sp³-hybridized carbons (Fsp3) is 0.120. The van der Waals surface area contributed by atoms with E-state index in [1.54, 1.807) is 24.3 Å². The number of benzene rings is 2. The van der Waals surface area contributed by atoms with Crippen LogP contribution in [-0.2, 0) is 0 Å². The standard InChI is InChI=1S/C25H20Cl2FN5O3/c1-14(34)13-30-25(36)21-12-22(33(32-21)15-6-3-2-4-7-15)31-24(35)17-10-16(18(26)11-19(17)27)23-20(28)8-5-9-29-23/h2-12,14,34H,13H2,1H3,(H,30,36)(H,31,35)/t14-/m0/s1. The molecule has 0 bridgehead atoms. The second kappa shape index (κ2) is 10.9. The summed E-state index contributed by atoms with van der Waals surface area (Å²) in [6, 6.07) is 15.6. The van der Waals surface area contributed by atoms with E-state index in [0.717, 1.165) is 0 Å². The highest BCUT2D eigenvalue weighted by atomic mass is 35.5. The number of halogens is 3. The minimum absolute atomic E-state index is 0.0158. The van der Waals surface area contributed by atoms with Gasteiger partial charge in [-0.1, -0.05) is 41.4 Å². The van der Waals surface area contributed by atoms with Crippen LogP contribution in [0.25, 0.3) is 16.9 Å². The van der Waals surface area contributed by atoms with Gasteiger partial charge in [-0.15, -0.1) is 0 Å². The average molecular weight is 528 g/mol. The third-order valence-electron chi connectivity index (χ3n) is 5.06. The molecule has 0 saturated heterocycles. The molecule has 4 aromatic rings. The highest BCUT2D eigenvalue weighted by molar-refractivity contribution is 6.38. The maximum atomic E-state index is 14.3. The Morgan fingerprint density at radius 2 is 1.81 bits per heavy atom. The van der Waals surface area contributed by atoms with Gasteiger partial charge in [0.15, 0.2) is 5.69 Å². The smallest absolute Gasteiger partial charge is 0.271 e. The zero-order chi connectivity index (χ0) is 25.8. The number of nitrogens with zero attached hydrogens (tertiary/aromatic N) is 3. The van der Waals surface area contributed by atoms with Crippen LogP contribution in [0.5, 0.6) is 0 Å². The van der Waals surface area contributed by atoms with E-state index in [0.29, 0.717) is 5.69 Å². The van der Waals surface area contributed by atoms with E-state index in [1.807, 2.05) is 6.07 Å². The van der Waals surface area contributed by atoms with Crippen molar-refractivity contribution in [1.29, 1.82) is 0 Å². The molecule has 0 fully saturated rings. The van der Waals surface area contributed by atoms with Crippen molar-refractivity contribution in [3.05, 3.63) is 94.0 Å². The Hall–Kier alpha value is -3.79. The van der Waals surface area contributed by atoms with Crippen LogP contribution in [0.15, 0.2) is 66.9 Å². The van der Waals surface area contributed by atoms with Gasteiger partial charge in [0.1, 0.15) is 17.3 Å². The number of hydrogen-bond donors (Lipinski definition) is 3. The first-order valence-electron chi connectivity index (χ1n) is 10.8. The molecule has 0 aliphatic heterocycles. The van der Waals surface area contributed by atoms with Gasteiger partial charge < -0.3 is 15.7 Å². The number of amides is 2. The fourth-order valence-electron chi connectivity index (χ4n) is 3.35. The number of carbonyl (C=O) groups excluding carboxylic acids is 2. The Labute approximate surface area is 215 Å². The molecule has 36 heavy (non-hydrogen) atoms. The molecule has 2 aromatic heterocycles. The predicted molar refractivity (Wildman–Crippen MR) is 135 cm³/mol. The van der Waals surface area contributed by atoms with Crippen molar-refractivity contribution in [2.45, 2.75) is 13.0 Å². The Kier molecular flexibility index (Phi) is 7.64. The molecule has 0 aliphatic rings. The molecular weight excluding hydrogens is 508 g/mol. The van der Waals surface area contributed by atoms with Crippen molar-refractivity contribution in [2.75, 3.05) is 11.9 Å². The molecule has 0 spiro atoms. The third-order valence-corrected chi connectivity index (χ3v) is 5.68. The number of para-hydroxylation sites is 1. The maximum Gasteiger partial charge on any atom is 0.271 e. The number of pyridine rings is 1. The van der Waals surface area contributed by atoms with Gasteiger partial charge in [-0.05, 0) is 43.3 Å². The predicted octanol–water partition coefficient (Wildman–Crippen LogP) is 4.74. The Morgan fingerprint density at radius 3 is 2.50 bits per heavy atom. The van der Waals surface area contributed by atoms with Crippen LogP contribution in [0.1, 0.15) is 27.8 Å². The first-order valence-corrected chi connectivity index (χ1v) is 11.5. The second-order valence-corrected chi connectivity index (χ2v) is 8.64. The normalized spacial score (nSPS) is 11.7. The van der Waals surface area contributed by atoms with E-state index < -0.39 is 23.7 Å². The molecule has 4 rings (SSSR count). The van der Waals surface area contributed by atoms with Gasteiger partial charge in [-0.3, -0.25) is 14.6 Å². The number of anilines is 1. The molecule has 2 aromatic carbocycles. The van der Waals surface area contributed by atoms with Crippen LogP contribution >= 0.6 is 23.2 Å². The maximum absolute atomic E-state index is 14.3. The van der Waals surface area contributed by atoms with Crippen LogP contribution in [0, 0.1) is 5.82 Å². The lowest BCUT2D eigenvalue weighted by molar-refractivity contribution is 0.0918. The molecule has 3 N–H and O–H groups in total. The number of nitrogens with one attached hydrogen (secondary N) is 2. The van der Waals surface area contributed by atoms with Gasteiger partial charge in [0.2, 0.25) is 0 Å². The molecule has 11 heteroatoms. The zero-order valence-electron chi connectivity index (χ0n) is 18.9. The molecular formula is C25H20Cl2FN5O3. The number of hydrogen-bond acceptors (Lipinski definition) is 5. The summed E-state index contributed by atoms with van der Waals surface area (Å²) in [7, 11) is 0. The Balaban J connectivity index is 1.71. The summed E-state index contributed by atoms with van der Waals surface area (Å²) in [6.45, 7) is 1.57. The Morgan fingerprint density at radius 1 is 1.06 bits per heavy atom. The SMILES string of the molecule is C[C@H](O)CNC(=O)c1cc(NC(=O)c2cc(-c3ncccc3F)c(Cl)cc2Cl)n(-c2ccccc2)n1. The number of carbonyl (C=O) groups is 2. The van der Waals surface area contributed by atoms with Crippen LogP contribution in [0.4, 0.5) is 10.2 Å². The summed E-state index contributed by atoms with van der Waals surface area (Å²) < 4.78 is 15.7. The van der Waals surface area contributed by atoms with Crippen LogP contribution in [0.3, 0.4) is 0 Å². The van der Waals surface area contributed by atoms with Crippen LogP contribution < -0.4 is 10.6 Å². The largest absolute Gasteiger partial charge is 0.392 e. The van der Waals surface area contributed by atoms with Gasteiger partial charge in [0.25, 0.3) is 11.8 Å². The first-order chi connectivity index (χ1) is 17.2. The van der Waals surface area contributed by atoms with Crippen LogP contribution in [0.2, 0.25) is 10.0 Å². The molecule has 2 heterocycles. The molecule has 8 nitrogen and oxygen atoms in total. The van der Waals surface area contributed by atoms with E-state index in [1.165, 1.54) is 48.1 Å². The first kappa shape index (κ1) is 25.3. The summed E-state index contributed by atoms with van der Waals surface area (Å²) in [5, 5.41) is 19.2. The van der Waals surface area contributed by atoms with Crippen molar-refractivity contribution in [3.63, 3.8) is 0 Å². The summed E-state index contributed by atoms with van der Waals surface area (Å²) in [5.41, 5.74) is 0.787. The second-order valence-electron chi connectivity index (χ2n) is 7.82. The van der Waals surface area contributed by atoms with Gasteiger partial charge in [0, 0.05) is 24.4 Å². The van der Waals surface area contributed by atoms with Crippen molar-refractivity contribution in [1.82, 2.24) is 20.1 Å². The van der Waals surface area contributed by atoms with Crippen molar-refractivity contribution < 1.29 is 19.1 Å². The number of aliphatic hydroxyl groups is 1. The van der Waals surface area contributed by atoms with E-state index >= 15 is 0 Å². The van der Waals surface area contributed by atoms with E-state index in [4.69, 9.17) is 23.2 Å². The molecule has 2 amide bonds. The fourth-order valence-corrected chi connectivity index (χ4v) is 3.91. The van der Waals surface area contributed by atoms with E-state index in [2.05, 4.69) is 20.7 Å². The van der Waals surface area contributed by atoms with Crippen LogP contribution in [-0.4, -0.2) is 44.3 Å². The molecule has 0 aliphatic carbocycles. The quantitative estimate of drug-likeness (QED) is 0.321. The van der Waals surface area contributed by atoms with Crippen molar-refractivity contribution in [2.24, 2.45) is 0 Å². The lowest BCUT2D eigenvalue weighted by atomic mass is 10.1. The van der Waals surface area contributed by atoms with Gasteiger partial charge in [0.05, 0.1) is 27.4 Å². The van der Waals surface area contributed by atoms with Gasteiger partial charge in [-0.25, -0.2) is 9.07 Å². The summed E-state index contributed by atoms with van der Waals surface area (Å²) in [5.74, 6) is -1.59. The average Bonchev–Trinajstić information content (AvgIpc) is 3.27. The molecule has 0 saturated carbocycles. The summed E-state index contributed by atoms with van der Waals surface area (Å²) in [4.78, 5) is 29.8. The number of rotatable bonds is 7. The highest BCUT2D eigenvalue weighted by Gasteiger charge is 2.21. The van der Waals surface area contributed by atoms with Crippen molar-refractivity contribution >= 4 is 40.8 Å². The van der Waals surface area contributed by atoms with Gasteiger partial charge in [-0.2, -0.15) is 5.10 Å². The monoisotopic (exact) mass is 527 g/mol. The lowest BCUT2D eigenvalue weighted by Gasteiger charge is -2.12. The number of aromatic nitrogens is 3. The molecule has 184 valence electrons. The highest BCUT2D eigenvalue weighted by Crippen LogP contribution is 2.33. The Bertz CT molecular complexity index is 1430. The van der Waals surface area contributed by atoms with E-state index in [9.17, 15) is 19.1 Å².